The van der Waals surface area contributed by atoms with Crippen LogP contribution in [0.15, 0.2) is 24.3 Å². The lowest BCUT2D eigenvalue weighted by molar-refractivity contribution is -0.134. The second kappa shape index (κ2) is 8.28. The Bertz CT molecular complexity index is 585. The first-order chi connectivity index (χ1) is 10.9. The van der Waals surface area contributed by atoms with E-state index in [1.165, 1.54) is 0 Å². The molecule has 2 N–H and O–H groups in total. The zero-order valence-electron chi connectivity index (χ0n) is 13.7. The van der Waals surface area contributed by atoms with Gasteiger partial charge >= 0.3 is 0 Å². The first kappa shape index (κ1) is 19.4. The van der Waals surface area contributed by atoms with Crippen LogP contribution >= 0.6 is 11.6 Å². The number of carbonyl (C=O) groups is 1. The van der Waals surface area contributed by atoms with Crippen LogP contribution in [0.5, 0.6) is 0 Å². The van der Waals surface area contributed by atoms with Crippen LogP contribution in [0.2, 0.25) is 5.02 Å². The molecule has 0 radical (unpaired) electrons. The predicted octanol–water partition coefficient (Wildman–Crippen LogP) is 3.47. The van der Waals surface area contributed by atoms with Gasteiger partial charge in [-0.3, -0.25) is 9.18 Å². The minimum Gasteiger partial charge on any atom is -0.330 e. The molecule has 1 aromatic carbocycles. The summed E-state index contributed by atoms with van der Waals surface area (Å²) in [6.45, 7) is 3.69. The highest BCUT2D eigenvalue weighted by Crippen LogP contribution is 2.43. The van der Waals surface area contributed by atoms with Crippen LogP contribution in [0.3, 0.4) is 0 Å². The molecule has 1 fully saturated rings. The quantitative estimate of drug-likeness (QED) is 0.916. The number of hydrogen-bond donors (Lipinski definition) is 1. The van der Waals surface area contributed by atoms with Crippen LogP contribution in [0.1, 0.15) is 38.3 Å². The molecule has 23 heavy (non-hydrogen) atoms. The molecule has 6 heteroatoms. The van der Waals surface area contributed by atoms with E-state index in [1.807, 2.05) is 38.1 Å². The standard InChI is InChI=1S/C16H20ClN3O.CH3F/c1-16(2,10-19)14-7-6-13(20(14)15(21)9-18)11-4-3-5-12(17)8-11;1-2/h3-5,8,13-14H,6-7,9,18H2,1-2H3;1H3. The number of nitriles is 1. The Morgan fingerprint density at radius 1 is 1.48 bits per heavy atom. The second-order valence-electron chi connectivity index (χ2n) is 6.00. The lowest BCUT2D eigenvalue weighted by atomic mass is 9.84. The van der Waals surface area contributed by atoms with Crippen LogP contribution < -0.4 is 5.73 Å². The van der Waals surface area contributed by atoms with E-state index in [-0.39, 0.29) is 24.5 Å². The van der Waals surface area contributed by atoms with E-state index in [0.29, 0.717) is 12.2 Å². The van der Waals surface area contributed by atoms with Crippen LogP contribution in [0.25, 0.3) is 0 Å². The Morgan fingerprint density at radius 2 is 2.13 bits per heavy atom. The number of nitrogens with two attached hydrogens (primary N) is 1. The molecule has 126 valence electrons. The number of carbonyl (C=O) groups excluding carboxylic acids is 1. The predicted molar refractivity (Wildman–Crippen MR) is 89.5 cm³/mol. The maximum Gasteiger partial charge on any atom is 0.237 e. The molecule has 1 aromatic rings. The number of rotatable bonds is 3. The number of hydrogen-bond acceptors (Lipinski definition) is 3. The molecule has 0 bridgehead atoms. The van der Waals surface area contributed by atoms with Gasteiger partial charge in [-0.15, -0.1) is 0 Å². The van der Waals surface area contributed by atoms with Gasteiger partial charge in [-0.2, -0.15) is 5.26 Å². The Morgan fingerprint density at radius 3 is 2.65 bits per heavy atom. The molecule has 0 aromatic heterocycles. The summed E-state index contributed by atoms with van der Waals surface area (Å²) in [5.74, 6) is -0.120. The van der Waals surface area contributed by atoms with Gasteiger partial charge in [0.2, 0.25) is 5.91 Å². The first-order valence-corrected chi connectivity index (χ1v) is 7.84. The molecule has 1 amide bonds. The molecular weight excluding hydrogens is 317 g/mol. The first-order valence-electron chi connectivity index (χ1n) is 7.46. The van der Waals surface area contributed by atoms with Crippen molar-refractivity contribution in [3.8, 4) is 6.07 Å². The molecule has 1 heterocycles. The van der Waals surface area contributed by atoms with Crippen molar-refractivity contribution in [3.05, 3.63) is 34.9 Å². The molecule has 4 nitrogen and oxygen atoms in total. The highest BCUT2D eigenvalue weighted by molar-refractivity contribution is 6.30. The Hall–Kier alpha value is -1.64. The number of benzene rings is 1. The van der Waals surface area contributed by atoms with Crippen LogP contribution in [0, 0.1) is 16.7 Å². The molecule has 1 saturated heterocycles. The smallest absolute Gasteiger partial charge is 0.237 e. The van der Waals surface area contributed by atoms with Crippen molar-refractivity contribution in [2.24, 2.45) is 11.1 Å². The van der Waals surface area contributed by atoms with Gasteiger partial charge in [0.25, 0.3) is 0 Å². The molecule has 2 rings (SSSR count). The largest absolute Gasteiger partial charge is 0.330 e. The second-order valence-corrected chi connectivity index (χ2v) is 6.44. The summed E-state index contributed by atoms with van der Waals surface area (Å²) >= 11 is 6.06. The number of alkyl halides is 1. The minimum atomic E-state index is -0.599. The van der Waals surface area contributed by atoms with Crippen LogP contribution in [-0.4, -0.2) is 30.6 Å². The average molecular weight is 340 g/mol. The SMILES string of the molecule is CC(C)(C#N)C1CCC(c2cccc(Cl)c2)N1C(=O)CN.CF. The molecule has 0 aliphatic carbocycles. The summed E-state index contributed by atoms with van der Waals surface area (Å²) in [7, 11) is 0.500. The Balaban J connectivity index is 0.00000127. The van der Waals surface area contributed by atoms with E-state index in [2.05, 4.69) is 6.07 Å². The van der Waals surface area contributed by atoms with Crippen molar-refractivity contribution in [3.63, 3.8) is 0 Å². The molecular formula is C17H23ClFN3O. The normalized spacial score (nSPS) is 20.5. The molecule has 0 saturated carbocycles. The van der Waals surface area contributed by atoms with E-state index in [4.69, 9.17) is 17.3 Å². The number of amides is 1. The lowest BCUT2D eigenvalue weighted by Crippen LogP contribution is -2.47. The summed E-state index contributed by atoms with van der Waals surface area (Å²) in [4.78, 5) is 14.1. The van der Waals surface area contributed by atoms with Crippen LogP contribution in [0.4, 0.5) is 4.39 Å². The zero-order valence-corrected chi connectivity index (χ0v) is 14.5. The van der Waals surface area contributed by atoms with Gasteiger partial charge < -0.3 is 10.6 Å². The van der Waals surface area contributed by atoms with Gasteiger partial charge in [-0.05, 0) is 44.4 Å². The molecule has 2 unspecified atom stereocenters. The summed E-state index contributed by atoms with van der Waals surface area (Å²) in [5, 5.41) is 10.0. The average Bonchev–Trinajstić information content (AvgIpc) is 3.02. The van der Waals surface area contributed by atoms with E-state index in [9.17, 15) is 14.4 Å². The number of halogens is 2. The van der Waals surface area contributed by atoms with Crippen molar-refractivity contribution >= 4 is 17.5 Å². The Labute approximate surface area is 142 Å². The number of likely N-dealkylation sites (tertiary alicyclic amines) is 1. The summed E-state index contributed by atoms with van der Waals surface area (Å²) < 4.78 is 9.50. The topological polar surface area (TPSA) is 70.1 Å². The minimum absolute atomic E-state index is 0.0466. The molecule has 0 spiro atoms. The van der Waals surface area contributed by atoms with Crippen molar-refractivity contribution < 1.29 is 9.18 Å². The fourth-order valence-electron chi connectivity index (χ4n) is 3.09. The van der Waals surface area contributed by atoms with Gasteiger partial charge in [-0.1, -0.05) is 23.7 Å². The molecule has 2 atom stereocenters. The van der Waals surface area contributed by atoms with Gasteiger partial charge in [-0.25, -0.2) is 0 Å². The molecule has 1 aliphatic heterocycles. The van der Waals surface area contributed by atoms with E-state index in [0.717, 1.165) is 18.4 Å². The molecule has 1 aliphatic rings. The highest BCUT2D eigenvalue weighted by atomic mass is 35.5. The Kier molecular flexibility index (Phi) is 6.99. The fourth-order valence-corrected chi connectivity index (χ4v) is 3.29. The van der Waals surface area contributed by atoms with Crippen molar-refractivity contribution in [2.45, 2.75) is 38.8 Å². The van der Waals surface area contributed by atoms with Gasteiger partial charge in [0, 0.05) is 5.02 Å². The van der Waals surface area contributed by atoms with Gasteiger partial charge in [0.1, 0.15) is 0 Å². The van der Waals surface area contributed by atoms with E-state index in [1.54, 1.807) is 4.90 Å². The highest BCUT2D eigenvalue weighted by Gasteiger charge is 2.44. The number of nitrogens with zero attached hydrogens (tertiary/aromatic N) is 2. The van der Waals surface area contributed by atoms with Crippen molar-refractivity contribution in [2.75, 3.05) is 13.7 Å². The zero-order chi connectivity index (χ0) is 17.6. The third kappa shape index (κ3) is 4.21. The fraction of sp³-hybridized carbons (Fsp3) is 0.529. The maximum absolute atomic E-state index is 12.3. The lowest BCUT2D eigenvalue weighted by Gasteiger charge is -2.36. The van der Waals surface area contributed by atoms with E-state index >= 15 is 0 Å². The van der Waals surface area contributed by atoms with Gasteiger partial charge in [0.15, 0.2) is 0 Å². The third-order valence-corrected chi connectivity index (χ3v) is 4.44. The summed E-state index contributed by atoms with van der Waals surface area (Å²) in [6, 6.07) is 9.67. The van der Waals surface area contributed by atoms with Gasteiger partial charge in [0.05, 0.1) is 37.3 Å². The summed E-state index contributed by atoms with van der Waals surface area (Å²) in [5.41, 5.74) is 5.97. The maximum atomic E-state index is 12.3. The summed E-state index contributed by atoms with van der Waals surface area (Å²) in [6.07, 6.45) is 1.62. The van der Waals surface area contributed by atoms with Crippen LogP contribution in [-0.2, 0) is 4.79 Å². The third-order valence-electron chi connectivity index (χ3n) is 4.20. The van der Waals surface area contributed by atoms with E-state index < -0.39 is 5.41 Å². The van der Waals surface area contributed by atoms with Crippen molar-refractivity contribution in [1.29, 1.82) is 5.26 Å². The van der Waals surface area contributed by atoms with Crippen molar-refractivity contribution in [1.82, 2.24) is 4.90 Å². The monoisotopic (exact) mass is 339 g/mol.